The summed E-state index contributed by atoms with van der Waals surface area (Å²) in [6.07, 6.45) is 1.11. The minimum atomic E-state index is -0.517. The zero-order valence-electron chi connectivity index (χ0n) is 9.84. The molecule has 0 saturated carbocycles. The zero-order chi connectivity index (χ0) is 13.0. The third kappa shape index (κ3) is 3.32. The van der Waals surface area contributed by atoms with Crippen molar-refractivity contribution in [3.05, 3.63) is 27.8 Å². The first kappa shape index (κ1) is 13.2. The van der Waals surface area contributed by atoms with Crippen LogP contribution in [0.4, 0.5) is 5.69 Å². The van der Waals surface area contributed by atoms with Crippen molar-refractivity contribution in [1.29, 1.82) is 0 Å². The molecule has 3 N–H and O–H groups in total. The van der Waals surface area contributed by atoms with Crippen LogP contribution in [0.2, 0.25) is 0 Å². The van der Waals surface area contributed by atoms with Gasteiger partial charge < -0.3 is 15.6 Å². The second-order valence-corrected chi connectivity index (χ2v) is 3.93. The maximum absolute atomic E-state index is 10.7. The molecule has 0 amide bonds. The molecule has 1 aromatic carbocycles. The summed E-state index contributed by atoms with van der Waals surface area (Å²) in [5, 5.41) is 20.5. The zero-order valence-corrected chi connectivity index (χ0v) is 9.84. The van der Waals surface area contributed by atoms with Crippen LogP contribution >= 0.6 is 0 Å². The summed E-state index contributed by atoms with van der Waals surface area (Å²) in [6.45, 7) is 1.84. The quantitative estimate of drug-likeness (QED) is 0.601. The van der Waals surface area contributed by atoms with Crippen molar-refractivity contribution < 1.29 is 14.8 Å². The molecule has 0 saturated heterocycles. The molecule has 6 heteroatoms. The molecule has 1 rings (SSSR count). The van der Waals surface area contributed by atoms with Crippen molar-refractivity contribution in [3.8, 4) is 11.5 Å². The van der Waals surface area contributed by atoms with Crippen molar-refractivity contribution in [2.45, 2.75) is 25.8 Å². The average molecular weight is 240 g/mol. The van der Waals surface area contributed by atoms with E-state index in [-0.39, 0.29) is 23.2 Å². The fourth-order valence-corrected chi connectivity index (χ4v) is 1.48. The minimum Gasteiger partial charge on any atom is -0.504 e. The number of ether oxygens (including phenoxy) is 1. The Morgan fingerprint density at radius 3 is 2.71 bits per heavy atom. The first-order chi connectivity index (χ1) is 7.95. The fourth-order valence-electron chi connectivity index (χ4n) is 1.48. The molecule has 0 aliphatic carbocycles. The topological polar surface area (TPSA) is 98.6 Å². The lowest BCUT2D eigenvalue weighted by Gasteiger charge is -2.10. The maximum Gasteiger partial charge on any atom is 0.273 e. The van der Waals surface area contributed by atoms with Crippen molar-refractivity contribution in [2.24, 2.45) is 5.73 Å². The lowest BCUT2D eigenvalue weighted by Crippen LogP contribution is -2.15. The molecule has 0 fully saturated rings. The monoisotopic (exact) mass is 240 g/mol. The number of phenols is 1. The second-order valence-electron chi connectivity index (χ2n) is 3.93. The third-order valence-corrected chi connectivity index (χ3v) is 2.44. The number of non-ortho nitro benzene ring substituents is 1. The molecular weight excluding hydrogens is 224 g/mol. The van der Waals surface area contributed by atoms with Crippen LogP contribution in [0, 0.1) is 10.1 Å². The highest BCUT2D eigenvalue weighted by Gasteiger charge is 2.16. The number of methoxy groups -OCH3 is 1. The van der Waals surface area contributed by atoms with Gasteiger partial charge in [-0.25, -0.2) is 0 Å². The number of nitro benzene ring substituents is 1. The SMILES string of the molecule is COc1cc([N+](=O)[O-])cc(CCC(C)N)c1O. The van der Waals surface area contributed by atoms with E-state index in [4.69, 9.17) is 10.5 Å². The molecule has 0 aliphatic rings. The normalized spacial score (nSPS) is 12.2. The standard InChI is InChI=1S/C11H16N2O4/c1-7(12)3-4-8-5-9(13(15)16)6-10(17-2)11(8)14/h5-7,14H,3-4,12H2,1-2H3. The molecule has 0 aromatic heterocycles. The second kappa shape index (κ2) is 5.49. The molecule has 0 aliphatic heterocycles. The van der Waals surface area contributed by atoms with E-state index in [0.29, 0.717) is 18.4 Å². The Hall–Kier alpha value is -1.82. The number of aryl methyl sites for hydroxylation is 1. The molecule has 94 valence electrons. The van der Waals surface area contributed by atoms with Gasteiger partial charge in [0.1, 0.15) is 0 Å². The molecule has 1 aromatic rings. The summed E-state index contributed by atoms with van der Waals surface area (Å²) in [4.78, 5) is 10.2. The van der Waals surface area contributed by atoms with Gasteiger partial charge in [0.25, 0.3) is 5.69 Å². The number of rotatable bonds is 5. The van der Waals surface area contributed by atoms with Gasteiger partial charge in [0, 0.05) is 17.7 Å². The molecule has 17 heavy (non-hydrogen) atoms. The van der Waals surface area contributed by atoms with E-state index in [1.165, 1.54) is 19.2 Å². The van der Waals surface area contributed by atoms with E-state index < -0.39 is 4.92 Å². The van der Waals surface area contributed by atoms with Crippen molar-refractivity contribution in [2.75, 3.05) is 7.11 Å². The number of nitrogens with zero attached hydrogens (tertiary/aromatic N) is 1. The Morgan fingerprint density at radius 1 is 1.59 bits per heavy atom. The van der Waals surface area contributed by atoms with Gasteiger partial charge in [0.15, 0.2) is 11.5 Å². The Bertz CT molecular complexity index is 418. The number of nitrogens with two attached hydrogens (primary N) is 1. The maximum atomic E-state index is 10.7. The summed E-state index contributed by atoms with van der Waals surface area (Å²) >= 11 is 0. The summed E-state index contributed by atoms with van der Waals surface area (Å²) < 4.78 is 4.90. The van der Waals surface area contributed by atoms with E-state index in [1.54, 1.807) is 0 Å². The summed E-state index contributed by atoms with van der Waals surface area (Å²) in [5.41, 5.74) is 5.99. The van der Waals surface area contributed by atoms with Crippen LogP contribution in [0.25, 0.3) is 0 Å². The van der Waals surface area contributed by atoms with Crippen LogP contribution in [0.1, 0.15) is 18.9 Å². The number of aromatic hydroxyl groups is 1. The Balaban J connectivity index is 3.09. The largest absolute Gasteiger partial charge is 0.504 e. The van der Waals surface area contributed by atoms with Crippen LogP contribution < -0.4 is 10.5 Å². The van der Waals surface area contributed by atoms with Crippen LogP contribution in [-0.2, 0) is 6.42 Å². The van der Waals surface area contributed by atoms with E-state index in [0.717, 1.165) is 0 Å². The first-order valence-corrected chi connectivity index (χ1v) is 5.25. The van der Waals surface area contributed by atoms with Crippen LogP contribution in [0.3, 0.4) is 0 Å². The molecule has 0 radical (unpaired) electrons. The van der Waals surface area contributed by atoms with Gasteiger partial charge in [0.2, 0.25) is 0 Å². The molecule has 0 spiro atoms. The highest BCUT2D eigenvalue weighted by molar-refractivity contribution is 5.53. The van der Waals surface area contributed by atoms with Gasteiger partial charge in [-0.3, -0.25) is 10.1 Å². The van der Waals surface area contributed by atoms with Crippen LogP contribution in [0.15, 0.2) is 12.1 Å². The van der Waals surface area contributed by atoms with Crippen molar-refractivity contribution in [1.82, 2.24) is 0 Å². The number of nitro groups is 1. The van der Waals surface area contributed by atoms with Crippen LogP contribution in [-0.4, -0.2) is 23.2 Å². The Kier molecular flexibility index (Phi) is 4.28. The fraction of sp³-hybridized carbons (Fsp3) is 0.455. The van der Waals surface area contributed by atoms with Gasteiger partial charge in [0.05, 0.1) is 18.1 Å². The van der Waals surface area contributed by atoms with Gasteiger partial charge >= 0.3 is 0 Å². The Morgan fingerprint density at radius 2 is 2.24 bits per heavy atom. The number of benzene rings is 1. The van der Waals surface area contributed by atoms with Gasteiger partial charge in [-0.15, -0.1) is 0 Å². The lowest BCUT2D eigenvalue weighted by molar-refractivity contribution is -0.385. The molecule has 6 nitrogen and oxygen atoms in total. The molecule has 1 unspecified atom stereocenters. The summed E-state index contributed by atoms with van der Waals surface area (Å²) in [7, 11) is 1.36. The third-order valence-electron chi connectivity index (χ3n) is 2.44. The Labute approximate surface area is 99.2 Å². The predicted molar refractivity (Wildman–Crippen MR) is 63.3 cm³/mol. The van der Waals surface area contributed by atoms with Gasteiger partial charge in [-0.1, -0.05) is 0 Å². The molecular formula is C11H16N2O4. The lowest BCUT2D eigenvalue weighted by atomic mass is 10.0. The first-order valence-electron chi connectivity index (χ1n) is 5.25. The highest BCUT2D eigenvalue weighted by atomic mass is 16.6. The van der Waals surface area contributed by atoms with Gasteiger partial charge in [-0.2, -0.15) is 0 Å². The molecule has 0 heterocycles. The smallest absolute Gasteiger partial charge is 0.273 e. The number of phenolic OH excluding ortho intramolecular Hbond substituents is 1. The van der Waals surface area contributed by atoms with Crippen molar-refractivity contribution >= 4 is 5.69 Å². The minimum absolute atomic E-state index is 0.0281. The summed E-state index contributed by atoms with van der Waals surface area (Å²) in [6, 6.07) is 2.52. The number of hydrogen-bond acceptors (Lipinski definition) is 5. The highest BCUT2D eigenvalue weighted by Crippen LogP contribution is 2.35. The van der Waals surface area contributed by atoms with E-state index in [2.05, 4.69) is 0 Å². The average Bonchev–Trinajstić information content (AvgIpc) is 2.27. The van der Waals surface area contributed by atoms with E-state index >= 15 is 0 Å². The van der Waals surface area contributed by atoms with Gasteiger partial charge in [-0.05, 0) is 19.8 Å². The van der Waals surface area contributed by atoms with Crippen molar-refractivity contribution in [3.63, 3.8) is 0 Å². The van der Waals surface area contributed by atoms with Crippen LogP contribution in [0.5, 0.6) is 11.5 Å². The number of hydrogen-bond donors (Lipinski definition) is 2. The summed E-state index contributed by atoms with van der Waals surface area (Å²) in [5.74, 6) is 0.0534. The van der Waals surface area contributed by atoms with E-state index in [9.17, 15) is 15.2 Å². The predicted octanol–water partition coefficient (Wildman–Crippen LogP) is 1.59. The molecule has 0 bridgehead atoms. The van der Waals surface area contributed by atoms with E-state index in [1.807, 2.05) is 6.92 Å². The molecule has 1 atom stereocenters.